The molecule has 0 aromatic carbocycles. The van der Waals surface area contributed by atoms with Crippen LogP contribution in [0, 0.1) is 0 Å². The number of ether oxygens (including phenoxy) is 2. The van der Waals surface area contributed by atoms with E-state index in [2.05, 4.69) is 14.8 Å². The number of rotatable bonds is 0. The number of hydrogen-bond donors (Lipinski definition) is 1. The van der Waals surface area contributed by atoms with Gasteiger partial charge in [0.05, 0.1) is 6.42 Å². The normalized spacial score (nSPS) is 36.4. The largest absolute Gasteiger partial charge is 0.510 e. The predicted molar refractivity (Wildman–Crippen MR) is 27.9 cm³/mol. The molecule has 0 aromatic rings. The average molecular weight is 143 g/mol. The van der Waals surface area contributed by atoms with Gasteiger partial charge in [-0.15, -0.1) is 0 Å². The zero-order valence-electron chi connectivity index (χ0n) is 4.99. The molecule has 2 fully saturated rings. The number of hydrogen-bond acceptors (Lipinski definition) is 4. The SMILES string of the molecule is O=C1CC2OC(=O)OC2N1. The van der Waals surface area contributed by atoms with E-state index in [9.17, 15) is 9.59 Å². The number of nitrogens with one attached hydrogen (secondary N) is 1. The summed E-state index contributed by atoms with van der Waals surface area (Å²) < 4.78 is 9.17. The highest BCUT2D eigenvalue weighted by molar-refractivity contribution is 5.81. The zero-order chi connectivity index (χ0) is 7.14. The maximum Gasteiger partial charge on any atom is 0.510 e. The number of amides is 1. The van der Waals surface area contributed by atoms with Gasteiger partial charge in [-0.2, -0.15) is 0 Å². The lowest BCUT2D eigenvalue weighted by Gasteiger charge is -2.00. The Morgan fingerprint density at radius 2 is 2.20 bits per heavy atom. The molecular formula is C5H5NO4. The monoisotopic (exact) mass is 143 g/mol. The van der Waals surface area contributed by atoms with Crippen LogP contribution in [0.4, 0.5) is 4.79 Å². The van der Waals surface area contributed by atoms with Gasteiger partial charge in [0.25, 0.3) is 0 Å². The second-order valence-corrected chi connectivity index (χ2v) is 2.22. The third-order valence-corrected chi connectivity index (χ3v) is 1.50. The first-order chi connectivity index (χ1) is 4.75. The predicted octanol–water partition coefficient (Wildman–Crippen LogP) is -0.632. The molecule has 0 radical (unpaired) electrons. The Balaban J connectivity index is 2.12. The molecule has 2 aliphatic heterocycles. The topological polar surface area (TPSA) is 64.6 Å². The molecule has 2 rings (SSSR count). The highest BCUT2D eigenvalue weighted by atomic mass is 16.8. The second-order valence-electron chi connectivity index (χ2n) is 2.22. The standard InChI is InChI=1S/C5H5NO4/c7-3-1-2-4(6-3)10-5(8)9-2/h2,4H,1H2,(H,6,7). The molecule has 0 aromatic heterocycles. The van der Waals surface area contributed by atoms with Crippen LogP contribution in [0.1, 0.15) is 6.42 Å². The van der Waals surface area contributed by atoms with Crippen molar-refractivity contribution in [3.63, 3.8) is 0 Å². The molecule has 0 bridgehead atoms. The molecule has 0 spiro atoms. The molecule has 2 saturated heterocycles. The van der Waals surface area contributed by atoms with Gasteiger partial charge in [0.1, 0.15) is 0 Å². The summed E-state index contributed by atoms with van der Waals surface area (Å²) >= 11 is 0. The quantitative estimate of drug-likeness (QED) is 0.458. The van der Waals surface area contributed by atoms with Gasteiger partial charge >= 0.3 is 6.16 Å². The van der Waals surface area contributed by atoms with E-state index in [0.717, 1.165) is 0 Å². The number of fused-ring (bicyclic) bond motifs is 1. The second kappa shape index (κ2) is 1.62. The fourth-order valence-corrected chi connectivity index (χ4v) is 1.06. The molecule has 0 saturated carbocycles. The Bertz CT molecular complexity index is 164. The van der Waals surface area contributed by atoms with Gasteiger partial charge in [0.15, 0.2) is 6.10 Å². The first-order valence-electron chi connectivity index (χ1n) is 2.92. The van der Waals surface area contributed by atoms with Gasteiger partial charge < -0.3 is 14.8 Å². The van der Waals surface area contributed by atoms with Crippen molar-refractivity contribution in [2.24, 2.45) is 0 Å². The Hall–Kier alpha value is -1.26. The van der Waals surface area contributed by atoms with Crippen molar-refractivity contribution in [3.8, 4) is 0 Å². The van der Waals surface area contributed by atoms with Crippen LogP contribution in [-0.4, -0.2) is 24.4 Å². The maximum absolute atomic E-state index is 10.6. The van der Waals surface area contributed by atoms with Crippen molar-refractivity contribution in [3.05, 3.63) is 0 Å². The van der Waals surface area contributed by atoms with E-state index in [4.69, 9.17) is 0 Å². The first kappa shape index (κ1) is 5.52. The van der Waals surface area contributed by atoms with Crippen LogP contribution in [0.5, 0.6) is 0 Å². The molecule has 54 valence electrons. The van der Waals surface area contributed by atoms with Gasteiger partial charge in [0.2, 0.25) is 12.1 Å². The molecule has 2 unspecified atom stereocenters. The van der Waals surface area contributed by atoms with Crippen molar-refractivity contribution < 1.29 is 19.1 Å². The Kier molecular flexibility index (Phi) is 0.893. The molecule has 10 heavy (non-hydrogen) atoms. The first-order valence-corrected chi connectivity index (χ1v) is 2.92. The Morgan fingerprint density at radius 1 is 1.40 bits per heavy atom. The summed E-state index contributed by atoms with van der Waals surface area (Å²) in [5.41, 5.74) is 0. The van der Waals surface area contributed by atoms with Crippen molar-refractivity contribution in [1.82, 2.24) is 5.32 Å². The van der Waals surface area contributed by atoms with E-state index >= 15 is 0 Å². The minimum absolute atomic E-state index is 0.137. The van der Waals surface area contributed by atoms with Crippen LogP contribution in [0.15, 0.2) is 0 Å². The Morgan fingerprint density at radius 3 is 2.90 bits per heavy atom. The van der Waals surface area contributed by atoms with Crippen molar-refractivity contribution in [2.75, 3.05) is 0 Å². The van der Waals surface area contributed by atoms with E-state index in [1.807, 2.05) is 0 Å². The van der Waals surface area contributed by atoms with E-state index < -0.39 is 18.5 Å². The molecule has 2 aliphatic rings. The minimum Gasteiger partial charge on any atom is -0.424 e. The third kappa shape index (κ3) is 0.632. The molecule has 0 aliphatic carbocycles. The van der Waals surface area contributed by atoms with Crippen LogP contribution in [-0.2, 0) is 14.3 Å². The summed E-state index contributed by atoms with van der Waals surface area (Å²) in [4.78, 5) is 20.9. The van der Waals surface area contributed by atoms with Crippen LogP contribution in [0.25, 0.3) is 0 Å². The highest BCUT2D eigenvalue weighted by Crippen LogP contribution is 2.20. The summed E-state index contributed by atoms with van der Waals surface area (Å²) in [6.07, 6.45) is -1.42. The van der Waals surface area contributed by atoms with Gasteiger partial charge in [-0.25, -0.2) is 4.79 Å². The summed E-state index contributed by atoms with van der Waals surface area (Å²) in [6.45, 7) is 0. The van der Waals surface area contributed by atoms with Crippen LogP contribution < -0.4 is 5.32 Å². The van der Waals surface area contributed by atoms with Crippen LogP contribution in [0.3, 0.4) is 0 Å². The molecule has 2 heterocycles. The average Bonchev–Trinajstić information content (AvgIpc) is 2.21. The van der Waals surface area contributed by atoms with E-state index in [1.165, 1.54) is 0 Å². The van der Waals surface area contributed by atoms with Crippen LogP contribution in [0.2, 0.25) is 0 Å². The number of carbonyl (C=O) groups is 2. The minimum atomic E-state index is -0.699. The van der Waals surface area contributed by atoms with Crippen molar-refractivity contribution in [1.29, 1.82) is 0 Å². The summed E-state index contributed by atoms with van der Waals surface area (Å²) in [5.74, 6) is -0.137. The summed E-state index contributed by atoms with van der Waals surface area (Å²) in [5, 5.41) is 2.44. The third-order valence-electron chi connectivity index (χ3n) is 1.50. The van der Waals surface area contributed by atoms with E-state index in [1.54, 1.807) is 0 Å². The molecule has 1 amide bonds. The van der Waals surface area contributed by atoms with Crippen molar-refractivity contribution in [2.45, 2.75) is 18.8 Å². The maximum atomic E-state index is 10.6. The van der Waals surface area contributed by atoms with Crippen LogP contribution >= 0.6 is 0 Å². The van der Waals surface area contributed by atoms with Gasteiger partial charge in [-0.3, -0.25) is 4.79 Å². The highest BCUT2D eigenvalue weighted by Gasteiger charge is 2.44. The summed E-state index contributed by atoms with van der Waals surface area (Å²) in [7, 11) is 0. The summed E-state index contributed by atoms with van der Waals surface area (Å²) in [6, 6.07) is 0. The Labute approximate surface area is 56.3 Å². The van der Waals surface area contributed by atoms with Gasteiger partial charge in [-0.05, 0) is 0 Å². The molecule has 5 nitrogen and oxygen atoms in total. The lowest BCUT2D eigenvalue weighted by atomic mass is 10.3. The fourth-order valence-electron chi connectivity index (χ4n) is 1.06. The smallest absolute Gasteiger partial charge is 0.424 e. The fraction of sp³-hybridized carbons (Fsp3) is 0.600. The lowest BCUT2D eigenvalue weighted by molar-refractivity contribution is -0.120. The van der Waals surface area contributed by atoms with E-state index in [-0.39, 0.29) is 12.3 Å². The lowest BCUT2D eigenvalue weighted by Crippen LogP contribution is -2.29. The van der Waals surface area contributed by atoms with E-state index in [0.29, 0.717) is 0 Å². The molecule has 1 N–H and O–H groups in total. The zero-order valence-corrected chi connectivity index (χ0v) is 4.99. The van der Waals surface area contributed by atoms with Gasteiger partial charge in [0, 0.05) is 0 Å². The molecule has 2 atom stereocenters. The molecular weight excluding hydrogens is 138 g/mol. The van der Waals surface area contributed by atoms with Gasteiger partial charge in [-0.1, -0.05) is 0 Å². The number of carbonyl (C=O) groups excluding carboxylic acids is 2. The molecule has 5 heteroatoms. The van der Waals surface area contributed by atoms with Crippen molar-refractivity contribution >= 4 is 12.1 Å².